The van der Waals surface area contributed by atoms with Crippen LogP contribution in [0.1, 0.15) is 96.9 Å². The Balaban J connectivity index is 0.000000686. The third kappa shape index (κ3) is 11.9. The van der Waals surface area contributed by atoms with Gasteiger partial charge < -0.3 is 21.3 Å². The summed E-state index contributed by atoms with van der Waals surface area (Å²) >= 11 is 0. The summed E-state index contributed by atoms with van der Waals surface area (Å²) in [5.74, 6) is -1.47. The standard InChI is InChI=1S/C27H30F2N4.C8H17N.2C2H6/c1-6-19-8-13-23(14-25(19)27(5,28)29)33-18(4)32-22-11-9-21(10-12-22)24-16-31-15-20(7-2)26(24)17(3)30;1-7-4-5-8(6-7)9(2)3;2*1-2/h8-16,32-33H,3-4,6-7,30H2,1-2,5H3;7-8H,4-6H2,1-3H3;2*1-2H3. The number of halogens is 2. The van der Waals surface area contributed by atoms with Gasteiger partial charge in [0.05, 0.1) is 0 Å². The zero-order valence-corrected chi connectivity index (χ0v) is 30.0. The third-order valence-corrected chi connectivity index (χ3v) is 7.87. The Morgan fingerprint density at radius 3 is 1.93 bits per heavy atom. The fraction of sp³-hybridized carbons (Fsp3) is 0.462. The van der Waals surface area contributed by atoms with Gasteiger partial charge in [-0.05, 0) is 93.1 Å². The number of rotatable bonds is 10. The monoisotopic (exact) mass is 635 g/mol. The van der Waals surface area contributed by atoms with Gasteiger partial charge in [0.25, 0.3) is 5.92 Å². The Morgan fingerprint density at radius 1 is 0.913 bits per heavy atom. The molecule has 4 rings (SSSR count). The Hall–Kier alpha value is -3.71. The van der Waals surface area contributed by atoms with Crippen molar-refractivity contribution in [2.45, 2.75) is 99.5 Å². The lowest BCUT2D eigenvalue weighted by molar-refractivity contribution is 0.0166. The Bertz CT molecular complexity index is 1360. The number of pyridine rings is 1. The van der Waals surface area contributed by atoms with E-state index in [4.69, 9.17) is 5.73 Å². The minimum atomic E-state index is -2.91. The normalized spacial score (nSPS) is 15.3. The molecule has 1 aliphatic carbocycles. The number of aromatic nitrogens is 1. The summed E-state index contributed by atoms with van der Waals surface area (Å²) in [6.45, 7) is 23.1. The Morgan fingerprint density at radius 2 is 1.48 bits per heavy atom. The first kappa shape index (κ1) is 40.3. The van der Waals surface area contributed by atoms with Crippen molar-refractivity contribution < 1.29 is 8.78 Å². The highest BCUT2D eigenvalue weighted by Crippen LogP contribution is 2.33. The summed E-state index contributed by atoms with van der Waals surface area (Å²) in [5.41, 5.74) is 12.4. The van der Waals surface area contributed by atoms with Crippen molar-refractivity contribution in [3.05, 3.63) is 96.1 Å². The van der Waals surface area contributed by atoms with Crippen molar-refractivity contribution in [1.82, 2.24) is 9.88 Å². The molecule has 1 aromatic heterocycles. The first-order valence-electron chi connectivity index (χ1n) is 16.8. The van der Waals surface area contributed by atoms with Gasteiger partial charge in [-0.25, -0.2) is 8.78 Å². The second kappa shape index (κ2) is 19.7. The second-order valence-corrected chi connectivity index (χ2v) is 11.6. The lowest BCUT2D eigenvalue weighted by atomic mass is 9.95. The number of nitrogens with one attached hydrogen (secondary N) is 2. The van der Waals surface area contributed by atoms with Crippen LogP contribution in [0, 0.1) is 5.92 Å². The molecular weight excluding hydrogens is 576 g/mol. The summed E-state index contributed by atoms with van der Waals surface area (Å²) in [6, 6.07) is 13.6. The zero-order valence-electron chi connectivity index (χ0n) is 30.0. The smallest absolute Gasteiger partial charge is 0.270 e. The van der Waals surface area contributed by atoms with Gasteiger partial charge in [0.15, 0.2) is 0 Å². The van der Waals surface area contributed by atoms with Crippen LogP contribution in [0.15, 0.2) is 73.8 Å². The molecule has 1 aliphatic rings. The molecule has 0 radical (unpaired) electrons. The van der Waals surface area contributed by atoms with Crippen LogP contribution in [0.2, 0.25) is 0 Å². The number of nitrogens with zero attached hydrogens (tertiary/aromatic N) is 2. The third-order valence-electron chi connectivity index (χ3n) is 7.87. The average molecular weight is 636 g/mol. The fourth-order valence-electron chi connectivity index (χ4n) is 5.50. The van der Waals surface area contributed by atoms with Gasteiger partial charge in [0, 0.05) is 59.1 Å². The van der Waals surface area contributed by atoms with E-state index < -0.39 is 5.92 Å². The molecule has 2 unspecified atom stereocenters. The van der Waals surface area contributed by atoms with Crippen molar-refractivity contribution in [1.29, 1.82) is 0 Å². The molecule has 0 bridgehead atoms. The fourth-order valence-corrected chi connectivity index (χ4v) is 5.50. The highest BCUT2D eigenvalue weighted by atomic mass is 19.3. The number of anilines is 2. The number of benzene rings is 2. The van der Waals surface area contributed by atoms with Gasteiger partial charge in [-0.1, -0.05) is 79.8 Å². The molecule has 1 saturated carbocycles. The summed E-state index contributed by atoms with van der Waals surface area (Å²) in [5, 5.41) is 6.23. The van der Waals surface area contributed by atoms with Crippen molar-refractivity contribution in [2.75, 3.05) is 24.7 Å². The largest absolute Gasteiger partial charge is 0.399 e. The molecule has 7 heteroatoms. The number of nitrogens with two attached hydrogens (primary N) is 1. The van der Waals surface area contributed by atoms with E-state index in [-0.39, 0.29) is 5.56 Å². The van der Waals surface area contributed by atoms with E-state index in [2.05, 4.69) is 61.6 Å². The molecule has 0 spiro atoms. The molecule has 3 aromatic rings. The van der Waals surface area contributed by atoms with Crippen molar-refractivity contribution >= 4 is 17.1 Å². The lowest BCUT2D eigenvalue weighted by Gasteiger charge is -2.18. The highest BCUT2D eigenvalue weighted by Gasteiger charge is 2.27. The lowest BCUT2D eigenvalue weighted by Crippen LogP contribution is -2.24. The van der Waals surface area contributed by atoms with Crippen molar-refractivity contribution in [3.8, 4) is 11.1 Å². The average Bonchev–Trinajstić information content (AvgIpc) is 3.49. The summed E-state index contributed by atoms with van der Waals surface area (Å²) in [6.07, 6.45) is 9.21. The van der Waals surface area contributed by atoms with E-state index in [1.54, 1.807) is 18.3 Å². The zero-order chi connectivity index (χ0) is 35.0. The maximum Gasteiger partial charge on any atom is 0.270 e. The number of hydrogen-bond acceptors (Lipinski definition) is 5. The Labute approximate surface area is 278 Å². The maximum absolute atomic E-state index is 14.0. The second-order valence-electron chi connectivity index (χ2n) is 11.6. The van der Waals surface area contributed by atoms with Crippen LogP contribution in [0.25, 0.3) is 16.8 Å². The molecule has 4 N–H and O–H groups in total. The molecule has 0 amide bonds. The number of aryl methyl sites for hydroxylation is 2. The van der Waals surface area contributed by atoms with E-state index in [9.17, 15) is 8.78 Å². The van der Waals surface area contributed by atoms with Gasteiger partial charge in [-0.2, -0.15) is 0 Å². The van der Waals surface area contributed by atoms with E-state index in [0.29, 0.717) is 29.2 Å². The van der Waals surface area contributed by atoms with E-state index >= 15 is 0 Å². The van der Waals surface area contributed by atoms with Gasteiger partial charge in [-0.15, -0.1) is 0 Å². The predicted molar refractivity (Wildman–Crippen MR) is 197 cm³/mol. The molecule has 254 valence electrons. The van der Waals surface area contributed by atoms with E-state index in [1.165, 1.54) is 25.3 Å². The van der Waals surface area contributed by atoms with Crippen LogP contribution in [0.4, 0.5) is 20.2 Å². The molecule has 0 aliphatic heterocycles. The number of alkyl halides is 2. The van der Waals surface area contributed by atoms with Crippen LogP contribution >= 0.6 is 0 Å². The molecule has 1 heterocycles. The quantitative estimate of drug-likeness (QED) is 0.207. The molecule has 2 atom stereocenters. The molecule has 2 aromatic carbocycles. The molecule has 1 fully saturated rings. The minimum absolute atomic E-state index is 0.0207. The van der Waals surface area contributed by atoms with Crippen LogP contribution < -0.4 is 16.4 Å². The van der Waals surface area contributed by atoms with Crippen LogP contribution in [-0.2, 0) is 18.8 Å². The van der Waals surface area contributed by atoms with Crippen molar-refractivity contribution in [3.63, 3.8) is 0 Å². The van der Waals surface area contributed by atoms with Gasteiger partial charge in [-0.3, -0.25) is 4.98 Å². The highest BCUT2D eigenvalue weighted by molar-refractivity contribution is 5.81. The Kier molecular flexibility index (Phi) is 17.3. The van der Waals surface area contributed by atoms with Crippen molar-refractivity contribution in [2.24, 2.45) is 11.7 Å². The molecule has 46 heavy (non-hydrogen) atoms. The predicted octanol–water partition coefficient (Wildman–Crippen LogP) is 10.7. The maximum atomic E-state index is 14.0. The van der Waals surface area contributed by atoms with Gasteiger partial charge in [0.2, 0.25) is 0 Å². The number of hydrogen-bond donors (Lipinski definition) is 3. The first-order valence-corrected chi connectivity index (χ1v) is 16.8. The minimum Gasteiger partial charge on any atom is -0.399 e. The summed E-state index contributed by atoms with van der Waals surface area (Å²) in [4.78, 5) is 6.69. The van der Waals surface area contributed by atoms with Gasteiger partial charge >= 0.3 is 0 Å². The first-order chi connectivity index (χ1) is 21.8. The summed E-state index contributed by atoms with van der Waals surface area (Å²) < 4.78 is 28.0. The van der Waals surface area contributed by atoms with E-state index in [0.717, 1.165) is 53.2 Å². The molecular formula is C39H59F2N5. The topological polar surface area (TPSA) is 66.2 Å². The van der Waals surface area contributed by atoms with Gasteiger partial charge in [0.1, 0.15) is 5.82 Å². The van der Waals surface area contributed by atoms with Crippen LogP contribution in [-0.4, -0.2) is 30.0 Å². The van der Waals surface area contributed by atoms with E-state index in [1.807, 2.05) is 65.1 Å². The van der Waals surface area contributed by atoms with Crippen LogP contribution in [0.3, 0.4) is 0 Å². The summed E-state index contributed by atoms with van der Waals surface area (Å²) in [7, 11) is 4.37. The van der Waals surface area contributed by atoms with Crippen LogP contribution in [0.5, 0.6) is 0 Å². The SMILES string of the molecule is C=C(Nc1ccc(-c2cncc(CC)c2C(=C)N)cc1)Nc1ccc(CC)c(C(C)(F)F)c1.CC.CC.CC1CCC(N(C)C)C1. The molecule has 0 saturated heterocycles. The molecule has 5 nitrogen and oxygen atoms in total.